The van der Waals surface area contributed by atoms with E-state index in [1.165, 1.54) is 11.1 Å². The zero-order valence-corrected chi connectivity index (χ0v) is 13.1. The van der Waals surface area contributed by atoms with Gasteiger partial charge in [-0.05, 0) is 38.3 Å². The van der Waals surface area contributed by atoms with E-state index in [1.54, 1.807) is 11.8 Å². The van der Waals surface area contributed by atoms with Crippen molar-refractivity contribution in [2.75, 3.05) is 12.3 Å². The minimum Gasteiger partial charge on any atom is -0.388 e. The van der Waals surface area contributed by atoms with E-state index in [0.29, 0.717) is 12.3 Å². The number of hydrogen-bond acceptors (Lipinski definition) is 3. The second kappa shape index (κ2) is 6.64. The zero-order valence-electron chi connectivity index (χ0n) is 12.2. The molecule has 0 radical (unpaired) electrons. The highest BCUT2D eigenvalue weighted by molar-refractivity contribution is 8.00. The summed E-state index contributed by atoms with van der Waals surface area (Å²) < 4.78 is 0. The van der Waals surface area contributed by atoms with Gasteiger partial charge < -0.3 is 10.4 Å². The van der Waals surface area contributed by atoms with Crippen LogP contribution in [0.25, 0.3) is 0 Å². The molecule has 4 heteroatoms. The summed E-state index contributed by atoms with van der Waals surface area (Å²) in [5, 5.41) is 13.0. The van der Waals surface area contributed by atoms with E-state index in [9.17, 15) is 9.90 Å². The Kier molecular flexibility index (Phi) is 5.11. The maximum Gasteiger partial charge on any atom is 0.230 e. The molecule has 0 spiro atoms. The van der Waals surface area contributed by atoms with Crippen molar-refractivity contribution in [1.29, 1.82) is 0 Å². The number of carbonyl (C=O) groups is 1. The average molecular weight is 293 g/mol. The number of carbonyl (C=O) groups excluding carboxylic acids is 1. The third-order valence-corrected chi connectivity index (χ3v) is 5.01. The molecule has 0 saturated heterocycles. The molecular weight excluding hydrogens is 270 g/mol. The molecule has 1 fully saturated rings. The number of thioether (sulfide) groups is 1. The Morgan fingerprint density at radius 2 is 2.05 bits per heavy atom. The minimum absolute atomic E-state index is 0.00349. The average Bonchev–Trinajstić information content (AvgIpc) is 2.85. The number of nitrogens with one attached hydrogen (secondary N) is 1. The summed E-state index contributed by atoms with van der Waals surface area (Å²) in [6, 6.07) is 6.27. The number of amides is 1. The van der Waals surface area contributed by atoms with Crippen LogP contribution < -0.4 is 5.32 Å². The van der Waals surface area contributed by atoms with Gasteiger partial charge in [0, 0.05) is 11.4 Å². The Morgan fingerprint density at radius 1 is 1.35 bits per heavy atom. The number of benzene rings is 1. The van der Waals surface area contributed by atoms with Crippen LogP contribution in [0.4, 0.5) is 0 Å². The third kappa shape index (κ3) is 4.25. The zero-order chi connectivity index (χ0) is 14.6. The monoisotopic (exact) mass is 293 g/mol. The van der Waals surface area contributed by atoms with E-state index < -0.39 is 5.60 Å². The summed E-state index contributed by atoms with van der Waals surface area (Å²) in [4.78, 5) is 13.0. The predicted octanol–water partition coefficient (Wildman–Crippen LogP) is 2.82. The summed E-state index contributed by atoms with van der Waals surface area (Å²) in [7, 11) is 0. The summed E-state index contributed by atoms with van der Waals surface area (Å²) >= 11 is 1.56. The lowest BCUT2D eigenvalue weighted by Gasteiger charge is -2.22. The van der Waals surface area contributed by atoms with Crippen molar-refractivity contribution in [1.82, 2.24) is 5.32 Å². The van der Waals surface area contributed by atoms with Crippen molar-refractivity contribution >= 4 is 17.7 Å². The van der Waals surface area contributed by atoms with Gasteiger partial charge in [0.05, 0.1) is 11.4 Å². The molecule has 3 nitrogen and oxygen atoms in total. The van der Waals surface area contributed by atoms with Crippen LogP contribution >= 0.6 is 11.8 Å². The second-order valence-electron chi connectivity index (χ2n) is 5.77. The van der Waals surface area contributed by atoms with Gasteiger partial charge in [0.2, 0.25) is 5.91 Å². The predicted molar refractivity (Wildman–Crippen MR) is 83.1 cm³/mol. The standard InChI is InChI=1S/C16H23NO2S/c1-12-5-6-13(2)14(9-12)20-10-15(18)17-11-16(19)7-3-4-8-16/h5-6,9,19H,3-4,7-8,10-11H2,1-2H3,(H,17,18). The smallest absolute Gasteiger partial charge is 0.230 e. The Morgan fingerprint density at radius 3 is 2.75 bits per heavy atom. The van der Waals surface area contributed by atoms with Crippen LogP contribution in [0.5, 0.6) is 0 Å². The van der Waals surface area contributed by atoms with Crippen molar-refractivity contribution in [3.63, 3.8) is 0 Å². The lowest BCUT2D eigenvalue weighted by atomic mass is 10.0. The largest absolute Gasteiger partial charge is 0.388 e. The molecule has 0 bridgehead atoms. The van der Waals surface area contributed by atoms with Gasteiger partial charge in [-0.2, -0.15) is 0 Å². The normalized spacial score (nSPS) is 17.1. The maximum absolute atomic E-state index is 11.9. The van der Waals surface area contributed by atoms with Crippen molar-refractivity contribution in [3.05, 3.63) is 29.3 Å². The van der Waals surface area contributed by atoms with Gasteiger partial charge in [-0.1, -0.05) is 30.5 Å². The molecule has 0 aliphatic heterocycles. The summed E-state index contributed by atoms with van der Waals surface area (Å²) in [5.41, 5.74) is 1.74. The van der Waals surface area contributed by atoms with Gasteiger partial charge in [-0.15, -0.1) is 11.8 Å². The Balaban J connectivity index is 1.79. The van der Waals surface area contributed by atoms with Crippen LogP contribution in [0.15, 0.2) is 23.1 Å². The van der Waals surface area contributed by atoms with Gasteiger partial charge in [0.15, 0.2) is 0 Å². The summed E-state index contributed by atoms with van der Waals surface area (Å²) in [6.07, 6.45) is 3.72. The topological polar surface area (TPSA) is 49.3 Å². The lowest BCUT2D eigenvalue weighted by Crippen LogP contribution is -2.41. The van der Waals surface area contributed by atoms with Crippen molar-refractivity contribution in [2.24, 2.45) is 0 Å². The minimum atomic E-state index is -0.667. The van der Waals surface area contributed by atoms with Gasteiger partial charge in [0.25, 0.3) is 0 Å². The van der Waals surface area contributed by atoms with E-state index in [2.05, 4.69) is 37.4 Å². The number of rotatable bonds is 5. The summed E-state index contributed by atoms with van der Waals surface area (Å²) in [5.74, 6) is 0.400. The van der Waals surface area contributed by atoms with Crippen molar-refractivity contribution in [3.8, 4) is 0 Å². The molecule has 20 heavy (non-hydrogen) atoms. The Hall–Kier alpha value is -1.00. The third-order valence-electron chi connectivity index (χ3n) is 3.85. The SMILES string of the molecule is Cc1ccc(C)c(SCC(=O)NCC2(O)CCCC2)c1. The Bertz CT molecular complexity index is 481. The number of aliphatic hydroxyl groups is 1. The fourth-order valence-corrected chi connectivity index (χ4v) is 3.48. The molecule has 0 heterocycles. The van der Waals surface area contributed by atoms with Gasteiger partial charge in [-0.25, -0.2) is 0 Å². The van der Waals surface area contributed by atoms with E-state index in [-0.39, 0.29) is 5.91 Å². The van der Waals surface area contributed by atoms with E-state index in [4.69, 9.17) is 0 Å². The van der Waals surface area contributed by atoms with Crippen LogP contribution in [0.1, 0.15) is 36.8 Å². The molecule has 1 aliphatic rings. The molecule has 1 saturated carbocycles. The van der Waals surface area contributed by atoms with Gasteiger partial charge in [0.1, 0.15) is 0 Å². The fourth-order valence-electron chi connectivity index (χ4n) is 2.53. The van der Waals surface area contributed by atoms with E-state index in [0.717, 1.165) is 30.6 Å². The van der Waals surface area contributed by atoms with Crippen molar-refractivity contribution in [2.45, 2.75) is 50.0 Å². The first-order valence-corrected chi connectivity index (χ1v) is 8.16. The second-order valence-corrected chi connectivity index (χ2v) is 6.78. The molecular formula is C16H23NO2S. The maximum atomic E-state index is 11.9. The number of hydrogen-bond donors (Lipinski definition) is 2. The van der Waals surface area contributed by atoms with Gasteiger partial charge in [-0.3, -0.25) is 4.79 Å². The van der Waals surface area contributed by atoms with Crippen molar-refractivity contribution < 1.29 is 9.90 Å². The van der Waals surface area contributed by atoms with Crippen LogP contribution in [-0.2, 0) is 4.79 Å². The number of aryl methyl sites for hydroxylation is 2. The highest BCUT2D eigenvalue weighted by Gasteiger charge is 2.31. The molecule has 1 amide bonds. The van der Waals surface area contributed by atoms with Crippen LogP contribution in [0.3, 0.4) is 0 Å². The Labute approximate surface area is 125 Å². The first kappa shape index (κ1) is 15.4. The molecule has 2 N–H and O–H groups in total. The fraction of sp³-hybridized carbons (Fsp3) is 0.562. The van der Waals surface area contributed by atoms with Crippen LogP contribution in [0.2, 0.25) is 0 Å². The molecule has 0 atom stereocenters. The highest BCUT2D eigenvalue weighted by atomic mass is 32.2. The highest BCUT2D eigenvalue weighted by Crippen LogP contribution is 2.28. The first-order chi connectivity index (χ1) is 9.48. The van der Waals surface area contributed by atoms with E-state index >= 15 is 0 Å². The molecule has 0 unspecified atom stereocenters. The first-order valence-electron chi connectivity index (χ1n) is 7.18. The lowest BCUT2D eigenvalue weighted by molar-refractivity contribution is -0.119. The molecule has 1 aromatic carbocycles. The molecule has 1 aromatic rings. The van der Waals surface area contributed by atoms with E-state index in [1.807, 2.05) is 0 Å². The van der Waals surface area contributed by atoms with Crippen LogP contribution in [-0.4, -0.2) is 28.9 Å². The van der Waals surface area contributed by atoms with Gasteiger partial charge >= 0.3 is 0 Å². The van der Waals surface area contributed by atoms with Crippen LogP contribution in [0, 0.1) is 13.8 Å². The quantitative estimate of drug-likeness (QED) is 0.821. The summed E-state index contributed by atoms with van der Waals surface area (Å²) in [6.45, 7) is 4.50. The molecule has 2 rings (SSSR count). The molecule has 110 valence electrons. The molecule has 0 aromatic heterocycles. The molecule has 1 aliphatic carbocycles.